The van der Waals surface area contributed by atoms with Crippen LogP contribution in [0.5, 0.6) is 0 Å². The van der Waals surface area contributed by atoms with Crippen molar-refractivity contribution < 1.29 is 14.3 Å². The average molecular weight is 128 g/mol. The first-order valence-electron chi connectivity index (χ1n) is 2.71. The second kappa shape index (κ2) is 1.87. The van der Waals surface area contributed by atoms with Gasteiger partial charge in [0.25, 0.3) is 0 Å². The first kappa shape index (κ1) is 6.33. The van der Waals surface area contributed by atoms with Gasteiger partial charge in [0.1, 0.15) is 6.61 Å². The lowest BCUT2D eigenvalue weighted by molar-refractivity contribution is -0.116. The van der Waals surface area contributed by atoms with Gasteiger partial charge in [-0.2, -0.15) is 0 Å². The van der Waals surface area contributed by atoms with E-state index in [0.29, 0.717) is 0 Å². The molecule has 50 valence electrons. The highest BCUT2D eigenvalue weighted by Crippen LogP contribution is 2.22. The molecule has 1 rings (SSSR count). The summed E-state index contributed by atoms with van der Waals surface area (Å²) in [6.07, 6.45) is 0. The molecule has 0 aromatic carbocycles. The maximum absolute atomic E-state index is 9.93. The monoisotopic (exact) mass is 128 g/mol. The predicted octanol–water partition coefficient (Wildman–Crippen LogP) is 0.485. The molecule has 0 spiro atoms. The lowest BCUT2D eigenvalue weighted by Gasteiger charge is -2.14. The molecule has 0 atom stereocenters. The summed E-state index contributed by atoms with van der Waals surface area (Å²) in [5, 5.41) is 0. The lowest BCUT2D eigenvalue weighted by atomic mass is 10.4. The fraction of sp³-hybridized carbons (Fsp3) is 0.667. The smallest absolute Gasteiger partial charge is 0.209 e. The second-order valence-electron chi connectivity index (χ2n) is 2.32. The number of rotatable bonds is 0. The fourth-order valence-electron chi connectivity index (χ4n) is 0.645. The maximum Gasteiger partial charge on any atom is 0.209 e. The van der Waals surface area contributed by atoms with Crippen molar-refractivity contribution in [2.24, 2.45) is 0 Å². The van der Waals surface area contributed by atoms with Crippen molar-refractivity contribution in [2.45, 2.75) is 19.6 Å². The van der Waals surface area contributed by atoms with Crippen LogP contribution in [0.3, 0.4) is 0 Å². The molecule has 9 heavy (non-hydrogen) atoms. The standard InChI is InChI=1S/C6H8O3/c1-6(2)8-4-5(3-7)9-6/h4H2,1-2H3. The molecule has 1 saturated heterocycles. The molecule has 1 aliphatic heterocycles. The van der Waals surface area contributed by atoms with E-state index in [2.05, 4.69) is 0 Å². The van der Waals surface area contributed by atoms with E-state index in [0.717, 1.165) is 0 Å². The van der Waals surface area contributed by atoms with Gasteiger partial charge >= 0.3 is 0 Å². The fourth-order valence-corrected chi connectivity index (χ4v) is 0.645. The van der Waals surface area contributed by atoms with Crippen LogP contribution in [0.4, 0.5) is 0 Å². The van der Waals surface area contributed by atoms with Gasteiger partial charge in [0.15, 0.2) is 5.94 Å². The van der Waals surface area contributed by atoms with E-state index in [4.69, 9.17) is 9.47 Å². The van der Waals surface area contributed by atoms with Crippen LogP contribution in [-0.2, 0) is 14.3 Å². The van der Waals surface area contributed by atoms with Crippen LogP contribution in [0.2, 0.25) is 0 Å². The topological polar surface area (TPSA) is 35.5 Å². The molecule has 1 fully saturated rings. The van der Waals surface area contributed by atoms with E-state index in [-0.39, 0.29) is 12.4 Å². The molecule has 1 heterocycles. The highest BCUT2D eigenvalue weighted by atomic mass is 16.7. The summed E-state index contributed by atoms with van der Waals surface area (Å²) in [6.45, 7) is 3.74. The maximum atomic E-state index is 9.93. The zero-order valence-corrected chi connectivity index (χ0v) is 5.43. The van der Waals surface area contributed by atoms with Crippen molar-refractivity contribution in [1.29, 1.82) is 0 Å². The highest BCUT2D eigenvalue weighted by molar-refractivity contribution is 5.50. The van der Waals surface area contributed by atoms with Gasteiger partial charge in [-0.15, -0.1) is 0 Å². The third-order valence-corrected chi connectivity index (χ3v) is 1.03. The Bertz CT molecular complexity index is 165. The molecule has 0 unspecified atom stereocenters. The molecule has 0 amide bonds. The third-order valence-electron chi connectivity index (χ3n) is 1.03. The summed E-state index contributed by atoms with van der Waals surface area (Å²) in [5.41, 5.74) is 0. The van der Waals surface area contributed by atoms with Crippen molar-refractivity contribution in [3.63, 3.8) is 0 Å². The molecular formula is C6H8O3. The zero-order valence-electron chi connectivity index (χ0n) is 5.43. The molecule has 0 aliphatic carbocycles. The van der Waals surface area contributed by atoms with Crippen LogP contribution in [0, 0.1) is 0 Å². The van der Waals surface area contributed by atoms with Crippen molar-refractivity contribution in [3.05, 3.63) is 5.76 Å². The Morgan fingerprint density at radius 2 is 2.33 bits per heavy atom. The number of hydrogen-bond acceptors (Lipinski definition) is 3. The van der Waals surface area contributed by atoms with E-state index in [1.54, 1.807) is 19.8 Å². The van der Waals surface area contributed by atoms with E-state index < -0.39 is 5.79 Å². The van der Waals surface area contributed by atoms with Crippen molar-refractivity contribution >= 4 is 5.94 Å². The van der Waals surface area contributed by atoms with Gasteiger partial charge in [-0.25, -0.2) is 4.79 Å². The molecule has 3 heteroatoms. The van der Waals surface area contributed by atoms with Crippen LogP contribution in [0.1, 0.15) is 13.8 Å². The molecule has 0 bridgehead atoms. The second-order valence-corrected chi connectivity index (χ2v) is 2.32. The van der Waals surface area contributed by atoms with Gasteiger partial charge in [0.2, 0.25) is 11.5 Å². The van der Waals surface area contributed by atoms with Crippen LogP contribution < -0.4 is 0 Å². The Morgan fingerprint density at radius 3 is 2.56 bits per heavy atom. The number of hydrogen-bond donors (Lipinski definition) is 0. The zero-order chi connectivity index (χ0) is 6.91. The highest BCUT2D eigenvalue weighted by Gasteiger charge is 2.29. The van der Waals surface area contributed by atoms with Gasteiger partial charge in [0.05, 0.1) is 0 Å². The summed E-state index contributed by atoms with van der Waals surface area (Å²) in [6, 6.07) is 0. The van der Waals surface area contributed by atoms with Gasteiger partial charge in [-0.05, 0) is 0 Å². The minimum absolute atomic E-state index is 0.247. The third kappa shape index (κ3) is 1.31. The van der Waals surface area contributed by atoms with Crippen molar-refractivity contribution in [3.8, 4) is 0 Å². The first-order chi connectivity index (χ1) is 4.14. The molecule has 0 aromatic heterocycles. The van der Waals surface area contributed by atoms with E-state index in [9.17, 15) is 4.79 Å². The van der Waals surface area contributed by atoms with Crippen LogP contribution in [0.25, 0.3) is 0 Å². The minimum Gasteiger partial charge on any atom is -0.453 e. The summed E-state index contributed by atoms with van der Waals surface area (Å²) in [7, 11) is 0. The van der Waals surface area contributed by atoms with Gasteiger partial charge < -0.3 is 9.47 Å². The summed E-state index contributed by atoms with van der Waals surface area (Å²) < 4.78 is 9.99. The van der Waals surface area contributed by atoms with Crippen LogP contribution >= 0.6 is 0 Å². The SMILES string of the molecule is CC1(C)OCC(=C=O)O1. The van der Waals surface area contributed by atoms with Gasteiger partial charge in [-0.3, -0.25) is 0 Å². The Kier molecular flexibility index (Phi) is 1.31. The predicted molar refractivity (Wildman–Crippen MR) is 30.3 cm³/mol. The quantitative estimate of drug-likeness (QED) is 0.445. The lowest BCUT2D eigenvalue weighted by Crippen LogP contribution is -2.18. The minimum atomic E-state index is -0.632. The van der Waals surface area contributed by atoms with E-state index >= 15 is 0 Å². The largest absolute Gasteiger partial charge is 0.453 e. The Hall–Kier alpha value is -0.790. The first-order valence-corrected chi connectivity index (χ1v) is 2.71. The molecule has 0 N–H and O–H groups in total. The van der Waals surface area contributed by atoms with Crippen LogP contribution in [0.15, 0.2) is 5.76 Å². The molecule has 0 radical (unpaired) electrons. The Balaban J connectivity index is 2.68. The van der Waals surface area contributed by atoms with Crippen LogP contribution in [-0.4, -0.2) is 18.3 Å². The summed E-state index contributed by atoms with van der Waals surface area (Å²) in [5.74, 6) is 1.26. The van der Waals surface area contributed by atoms with Crippen molar-refractivity contribution in [2.75, 3.05) is 6.61 Å². The molecular weight excluding hydrogens is 120 g/mol. The molecule has 3 nitrogen and oxygen atoms in total. The Morgan fingerprint density at radius 1 is 1.67 bits per heavy atom. The molecule has 0 saturated carbocycles. The number of ether oxygens (including phenoxy) is 2. The summed E-state index contributed by atoms with van der Waals surface area (Å²) in [4.78, 5) is 9.93. The molecule has 1 aliphatic rings. The normalized spacial score (nSPS) is 23.1. The van der Waals surface area contributed by atoms with E-state index in [1.165, 1.54) is 0 Å². The van der Waals surface area contributed by atoms with Gasteiger partial charge in [0, 0.05) is 13.8 Å². The molecule has 0 aromatic rings. The van der Waals surface area contributed by atoms with Crippen molar-refractivity contribution in [1.82, 2.24) is 0 Å². The average Bonchev–Trinajstić information content (AvgIpc) is 2.10. The number of carbonyl (C=O) groups excluding carboxylic acids is 1. The Labute approximate surface area is 53.3 Å². The summed E-state index contributed by atoms with van der Waals surface area (Å²) >= 11 is 0. The van der Waals surface area contributed by atoms with Gasteiger partial charge in [-0.1, -0.05) is 0 Å². The van der Waals surface area contributed by atoms with E-state index in [1.807, 2.05) is 0 Å².